The molecule has 1 saturated carbocycles. The fraction of sp³-hybridized carbons (Fsp3) is 0.346. The van der Waals surface area contributed by atoms with Gasteiger partial charge in [-0.2, -0.15) is 0 Å². The zero-order valence-corrected chi connectivity index (χ0v) is 16.2. The molecule has 2 heteroatoms. The summed E-state index contributed by atoms with van der Waals surface area (Å²) in [5.41, 5.74) is 10.9. The number of nitrogens with zero attached hydrogens (tertiary/aromatic N) is 1. The average molecular weight is 367 g/mol. The zero-order chi connectivity index (χ0) is 18.6. The van der Waals surface area contributed by atoms with Crippen molar-refractivity contribution in [3.63, 3.8) is 0 Å². The third-order valence-electron chi connectivity index (χ3n) is 7.08. The lowest BCUT2D eigenvalue weighted by Crippen LogP contribution is -2.36. The van der Waals surface area contributed by atoms with Crippen LogP contribution in [0.3, 0.4) is 0 Å². The maximum absolute atomic E-state index is 5.99. The summed E-state index contributed by atoms with van der Waals surface area (Å²) in [6.45, 7) is 1.39. The van der Waals surface area contributed by atoms with E-state index in [1.165, 1.54) is 71.2 Å². The van der Waals surface area contributed by atoms with Gasteiger partial charge in [-0.1, -0.05) is 73.9 Å². The molecule has 0 atom stereocenters. The molecule has 0 saturated heterocycles. The Morgan fingerprint density at radius 1 is 0.786 bits per heavy atom. The van der Waals surface area contributed by atoms with Gasteiger partial charge in [0.2, 0.25) is 0 Å². The number of aromatic nitrogens is 1. The van der Waals surface area contributed by atoms with Gasteiger partial charge in [0.1, 0.15) is 0 Å². The molecule has 3 aliphatic rings. The molecular weight excluding hydrogens is 342 g/mol. The first-order chi connectivity index (χ1) is 13.9. The molecular formula is C26H25NO. The maximum atomic E-state index is 5.99. The largest absolute Gasteiger partial charge is 0.372 e. The molecule has 0 N–H and O–H groups in total. The number of rotatable bonds is 1. The highest BCUT2D eigenvalue weighted by Crippen LogP contribution is 2.52. The molecule has 0 bridgehead atoms. The van der Waals surface area contributed by atoms with Crippen molar-refractivity contribution in [3.05, 3.63) is 77.0 Å². The van der Waals surface area contributed by atoms with E-state index in [4.69, 9.17) is 9.72 Å². The maximum Gasteiger partial charge on any atom is 0.0764 e. The van der Waals surface area contributed by atoms with E-state index in [-0.39, 0.29) is 5.41 Å². The second-order valence-corrected chi connectivity index (χ2v) is 8.67. The van der Waals surface area contributed by atoms with Crippen molar-refractivity contribution in [1.29, 1.82) is 0 Å². The summed E-state index contributed by atoms with van der Waals surface area (Å²) < 4.78 is 5.99. The van der Waals surface area contributed by atoms with Crippen LogP contribution in [-0.2, 0) is 29.8 Å². The molecule has 1 spiro atoms. The van der Waals surface area contributed by atoms with E-state index in [2.05, 4.69) is 54.6 Å². The lowest BCUT2D eigenvalue weighted by atomic mass is 9.62. The Morgan fingerprint density at radius 3 is 2.39 bits per heavy atom. The first-order valence-corrected chi connectivity index (χ1v) is 10.6. The molecule has 2 aliphatic carbocycles. The van der Waals surface area contributed by atoms with Crippen LogP contribution >= 0.6 is 0 Å². The highest BCUT2D eigenvalue weighted by Gasteiger charge is 2.43. The van der Waals surface area contributed by atoms with E-state index in [1.807, 2.05) is 0 Å². The summed E-state index contributed by atoms with van der Waals surface area (Å²) in [7, 11) is 0. The van der Waals surface area contributed by atoms with E-state index in [9.17, 15) is 0 Å². The zero-order valence-electron chi connectivity index (χ0n) is 16.2. The molecule has 1 fully saturated rings. The molecule has 1 aliphatic heterocycles. The minimum atomic E-state index is 0.198. The van der Waals surface area contributed by atoms with Crippen molar-refractivity contribution in [2.45, 2.75) is 57.2 Å². The fourth-order valence-electron chi connectivity index (χ4n) is 5.76. The molecule has 140 valence electrons. The Kier molecular flexibility index (Phi) is 3.70. The first kappa shape index (κ1) is 16.5. The minimum Gasteiger partial charge on any atom is -0.372 e. The predicted molar refractivity (Wildman–Crippen MR) is 112 cm³/mol. The van der Waals surface area contributed by atoms with Gasteiger partial charge in [-0.3, -0.25) is 4.98 Å². The normalized spacial score (nSPS) is 19.1. The molecule has 28 heavy (non-hydrogen) atoms. The smallest absolute Gasteiger partial charge is 0.0764 e. The van der Waals surface area contributed by atoms with Crippen molar-refractivity contribution in [2.24, 2.45) is 0 Å². The van der Waals surface area contributed by atoms with Gasteiger partial charge >= 0.3 is 0 Å². The standard InChI is InChI=1S/C26H25NO/c1-3-9-18(10-4-1)24-22-17-28-16-21(22)23-20-12-6-5-11-19(20)15-26(25(23)27-24)13-7-2-8-14-26/h1,3-6,9-12H,2,7-8,13-17H2. The van der Waals surface area contributed by atoms with Gasteiger partial charge in [0, 0.05) is 22.1 Å². The second-order valence-electron chi connectivity index (χ2n) is 8.67. The third-order valence-corrected chi connectivity index (χ3v) is 7.08. The van der Waals surface area contributed by atoms with Crippen molar-refractivity contribution in [3.8, 4) is 22.4 Å². The van der Waals surface area contributed by atoms with Crippen molar-refractivity contribution in [1.82, 2.24) is 4.98 Å². The van der Waals surface area contributed by atoms with Crippen LogP contribution in [0.4, 0.5) is 0 Å². The van der Waals surface area contributed by atoms with E-state index in [0.29, 0.717) is 13.2 Å². The molecule has 2 nitrogen and oxygen atoms in total. The Morgan fingerprint density at radius 2 is 1.54 bits per heavy atom. The Labute approximate surface area is 166 Å². The molecule has 6 rings (SSSR count). The minimum absolute atomic E-state index is 0.198. The van der Waals surface area contributed by atoms with Crippen LogP contribution in [0.5, 0.6) is 0 Å². The van der Waals surface area contributed by atoms with Crippen LogP contribution < -0.4 is 0 Å². The van der Waals surface area contributed by atoms with Crippen LogP contribution in [0, 0.1) is 0 Å². The third kappa shape index (κ3) is 2.34. The van der Waals surface area contributed by atoms with Crippen molar-refractivity contribution < 1.29 is 4.74 Å². The SMILES string of the molecule is c1ccc(-c2nc3c(c4c2COC4)-c2ccccc2CC32CCCCC2)cc1. The van der Waals surface area contributed by atoms with Crippen LogP contribution in [0.25, 0.3) is 22.4 Å². The fourth-order valence-corrected chi connectivity index (χ4v) is 5.76. The molecule has 0 amide bonds. The summed E-state index contributed by atoms with van der Waals surface area (Å²) in [6.07, 6.45) is 7.65. The van der Waals surface area contributed by atoms with Crippen LogP contribution in [0.1, 0.15) is 54.5 Å². The number of fused-ring (bicyclic) bond motifs is 6. The van der Waals surface area contributed by atoms with Gasteiger partial charge in [0.15, 0.2) is 0 Å². The summed E-state index contributed by atoms with van der Waals surface area (Å²) in [6, 6.07) is 19.7. The molecule has 2 aromatic carbocycles. The molecule has 2 heterocycles. The van der Waals surface area contributed by atoms with Gasteiger partial charge in [-0.25, -0.2) is 0 Å². The first-order valence-electron chi connectivity index (χ1n) is 10.6. The Hall–Kier alpha value is -2.45. The van der Waals surface area contributed by atoms with E-state index in [1.54, 1.807) is 0 Å². The number of hydrogen-bond donors (Lipinski definition) is 0. The van der Waals surface area contributed by atoms with Gasteiger partial charge in [-0.15, -0.1) is 0 Å². The van der Waals surface area contributed by atoms with Crippen molar-refractivity contribution >= 4 is 0 Å². The van der Waals surface area contributed by atoms with Gasteiger partial charge in [0.25, 0.3) is 0 Å². The summed E-state index contributed by atoms with van der Waals surface area (Å²) >= 11 is 0. The number of benzene rings is 2. The summed E-state index contributed by atoms with van der Waals surface area (Å²) in [5.74, 6) is 0. The average Bonchev–Trinajstić information content (AvgIpc) is 3.24. The summed E-state index contributed by atoms with van der Waals surface area (Å²) in [5, 5.41) is 0. The van der Waals surface area contributed by atoms with Crippen LogP contribution in [0.2, 0.25) is 0 Å². The number of hydrogen-bond acceptors (Lipinski definition) is 2. The van der Waals surface area contributed by atoms with E-state index >= 15 is 0 Å². The van der Waals surface area contributed by atoms with Crippen LogP contribution in [0.15, 0.2) is 54.6 Å². The molecule has 3 aromatic rings. The molecule has 0 unspecified atom stereocenters. The lowest BCUT2D eigenvalue weighted by Gasteiger charge is -2.42. The van der Waals surface area contributed by atoms with Crippen molar-refractivity contribution in [2.75, 3.05) is 0 Å². The van der Waals surface area contributed by atoms with Gasteiger partial charge in [-0.05, 0) is 36.0 Å². The Balaban J connectivity index is 1.68. The van der Waals surface area contributed by atoms with Gasteiger partial charge < -0.3 is 4.74 Å². The molecule has 0 radical (unpaired) electrons. The number of pyridine rings is 1. The van der Waals surface area contributed by atoms with Crippen LogP contribution in [-0.4, -0.2) is 4.98 Å². The van der Waals surface area contributed by atoms with E-state index < -0.39 is 0 Å². The van der Waals surface area contributed by atoms with E-state index in [0.717, 1.165) is 12.1 Å². The lowest BCUT2D eigenvalue weighted by molar-refractivity contribution is 0.134. The molecule has 1 aromatic heterocycles. The monoisotopic (exact) mass is 367 g/mol. The second kappa shape index (κ2) is 6.28. The predicted octanol–water partition coefficient (Wildman–Crippen LogP) is 6.20. The summed E-state index contributed by atoms with van der Waals surface area (Å²) in [4.78, 5) is 5.45. The quantitative estimate of drug-likeness (QED) is 0.510. The highest BCUT2D eigenvalue weighted by molar-refractivity contribution is 5.81. The Bertz CT molecular complexity index is 1050. The topological polar surface area (TPSA) is 22.1 Å². The van der Waals surface area contributed by atoms with Gasteiger partial charge in [0.05, 0.1) is 24.6 Å². The number of ether oxygens (including phenoxy) is 1. The highest BCUT2D eigenvalue weighted by atomic mass is 16.5.